The number of aromatic amines is 1. The van der Waals surface area contributed by atoms with E-state index in [-0.39, 0.29) is 17.8 Å². The molecule has 2 aromatic carbocycles. The predicted molar refractivity (Wildman–Crippen MR) is 124 cm³/mol. The molecule has 3 aromatic rings. The standard InChI is InChI=1S/C26H29FN2O4/c1-16(30)32-23-13-14-29(25(31)33-26(2,3)4)22(23)15-20-19-7-5-6-8-21(19)28-24(20)17-9-11-18(27)12-10-17/h5-12,22-23,28H,13-15H2,1-4H3/t22-,23-/m1/s1. The largest absolute Gasteiger partial charge is 0.460 e. The molecule has 7 heteroatoms. The highest BCUT2D eigenvalue weighted by Crippen LogP contribution is 2.35. The first-order valence-corrected chi connectivity index (χ1v) is 11.1. The van der Waals surface area contributed by atoms with Gasteiger partial charge in [-0.05, 0) is 68.7 Å². The maximum absolute atomic E-state index is 13.6. The van der Waals surface area contributed by atoms with Crippen molar-refractivity contribution in [2.24, 2.45) is 0 Å². The van der Waals surface area contributed by atoms with E-state index in [9.17, 15) is 14.0 Å². The lowest BCUT2D eigenvalue weighted by Crippen LogP contribution is -2.44. The maximum Gasteiger partial charge on any atom is 0.410 e. The molecule has 0 saturated carbocycles. The van der Waals surface area contributed by atoms with Gasteiger partial charge in [-0.2, -0.15) is 0 Å². The monoisotopic (exact) mass is 452 g/mol. The van der Waals surface area contributed by atoms with E-state index >= 15 is 0 Å². The minimum atomic E-state index is -0.638. The van der Waals surface area contributed by atoms with Crippen molar-refractivity contribution < 1.29 is 23.5 Å². The van der Waals surface area contributed by atoms with Gasteiger partial charge in [-0.25, -0.2) is 9.18 Å². The number of carbonyl (C=O) groups excluding carboxylic acids is 2. The number of fused-ring (bicyclic) bond motifs is 1. The molecule has 174 valence electrons. The van der Waals surface area contributed by atoms with Gasteiger partial charge in [0.15, 0.2) is 0 Å². The summed E-state index contributed by atoms with van der Waals surface area (Å²) < 4.78 is 24.8. The Morgan fingerprint density at radius 2 is 1.82 bits per heavy atom. The molecule has 1 aliphatic heterocycles. The number of halogens is 1. The molecule has 1 aromatic heterocycles. The number of nitrogens with one attached hydrogen (secondary N) is 1. The van der Waals surface area contributed by atoms with E-state index in [0.717, 1.165) is 27.7 Å². The van der Waals surface area contributed by atoms with Crippen LogP contribution in [0.4, 0.5) is 9.18 Å². The minimum Gasteiger partial charge on any atom is -0.460 e. The average molecular weight is 453 g/mol. The van der Waals surface area contributed by atoms with Crippen LogP contribution in [0.3, 0.4) is 0 Å². The van der Waals surface area contributed by atoms with Gasteiger partial charge in [0.25, 0.3) is 0 Å². The van der Waals surface area contributed by atoms with Crippen LogP contribution in [-0.2, 0) is 20.7 Å². The average Bonchev–Trinajstić information content (AvgIpc) is 3.29. The Morgan fingerprint density at radius 1 is 1.12 bits per heavy atom. The van der Waals surface area contributed by atoms with E-state index in [1.807, 2.05) is 45.0 Å². The first-order chi connectivity index (χ1) is 15.6. The summed E-state index contributed by atoms with van der Waals surface area (Å²) in [5.41, 5.74) is 2.98. The van der Waals surface area contributed by atoms with E-state index in [1.165, 1.54) is 19.1 Å². The van der Waals surface area contributed by atoms with Crippen LogP contribution >= 0.6 is 0 Å². The lowest BCUT2D eigenvalue weighted by Gasteiger charge is -2.30. The molecule has 1 saturated heterocycles. The fourth-order valence-electron chi connectivity index (χ4n) is 4.45. The summed E-state index contributed by atoms with van der Waals surface area (Å²) >= 11 is 0. The first kappa shape index (κ1) is 22.8. The van der Waals surface area contributed by atoms with Gasteiger partial charge in [0.2, 0.25) is 0 Å². The SMILES string of the molecule is CC(=O)O[C@@H]1CCN(C(=O)OC(C)(C)C)[C@@H]1Cc1c(-c2ccc(F)cc2)[nH]c2ccccc12. The van der Waals surface area contributed by atoms with Crippen molar-refractivity contribution in [1.29, 1.82) is 0 Å². The van der Waals surface area contributed by atoms with Crippen LogP contribution in [0.5, 0.6) is 0 Å². The fourth-order valence-corrected chi connectivity index (χ4v) is 4.45. The molecule has 33 heavy (non-hydrogen) atoms. The molecule has 0 spiro atoms. The van der Waals surface area contributed by atoms with E-state index < -0.39 is 17.8 Å². The van der Waals surface area contributed by atoms with Gasteiger partial charge in [0, 0.05) is 36.5 Å². The molecule has 1 amide bonds. The molecule has 0 unspecified atom stereocenters. The highest BCUT2D eigenvalue weighted by atomic mass is 19.1. The number of hydrogen-bond acceptors (Lipinski definition) is 4. The Hall–Kier alpha value is -3.35. The Bertz CT molecular complexity index is 1160. The van der Waals surface area contributed by atoms with Gasteiger partial charge < -0.3 is 19.4 Å². The Balaban J connectivity index is 1.75. The van der Waals surface area contributed by atoms with Crippen molar-refractivity contribution in [2.75, 3.05) is 6.54 Å². The topological polar surface area (TPSA) is 71.6 Å². The lowest BCUT2D eigenvalue weighted by molar-refractivity contribution is -0.147. The lowest BCUT2D eigenvalue weighted by atomic mass is 9.96. The molecule has 1 aliphatic rings. The highest BCUT2D eigenvalue weighted by molar-refractivity contribution is 5.91. The Labute approximate surface area is 192 Å². The molecule has 6 nitrogen and oxygen atoms in total. The van der Waals surface area contributed by atoms with Crippen LogP contribution in [0.15, 0.2) is 48.5 Å². The summed E-state index contributed by atoms with van der Waals surface area (Å²) in [6.45, 7) is 7.29. The second-order valence-electron chi connectivity index (χ2n) is 9.41. The van der Waals surface area contributed by atoms with Crippen LogP contribution in [0, 0.1) is 5.82 Å². The van der Waals surface area contributed by atoms with Crippen molar-refractivity contribution in [3.63, 3.8) is 0 Å². The number of hydrogen-bond donors (Lipinski definition) is 1. The molecular formula is C26H29FN2O4. The Morgan fingerprint density at radius 3 is 2.48 bits per heavy atom. The number of para-hydroxylation sites is 1. The van der Waals surface area contributed by atoms with Crippen LogP contribution < -0.4 is 0 Å². The molecule has 2 atom stereocenters. The van der Waals surface area contributed by atoms with E-state index in [0.29, 0.717) is 19.4 Å². The van der Waals surface area contributed by atoms with Gasteiger partial charge in [-0.3, -0.25) is 4.79 Å². The van der Waals surface area contributed by atoms with Crippen LogP contribution in [0.2, 0.25) is 0 Å². The maximum atomic E-state index is 13.6. The zero-order valence-corrected chi connectivity index (χ0v) is 19.4. The quantitative estimate of drug-likeness (QED) is 0.534. The highest BCUT2D eigenvalue weighted by Gasteiger charge is 2.41. The normalized spacial score (nSPS) is 18.5. The molecule has 1 N–H and O–H groups in total. The number of amides is 1. The zero-order valence-electron chi connectivity index (χ0n) is 19.4. The summed E-state index contributed by atoms with van der Waals surface area (Å²) in [5, 5.41) is 1.01. The van der Waals surface area contributed by atoms with E-state index in [2.05, 4.69) is 4.98 Å². The molecule has 1 fully saturated rings. The molecular weight excluding hydrogens is 423 g/mol. The zero-order chi connectivity index (χ0) is 23.8. The fraction of sp³-hybridized carbons (Fsp3) is 0.385. The second-order valence-corrected chi connectivity index (χ2v) is 9.41. The van der Waals surface area contributed by atoms with Gasteiger partial charge in [-0.15, -0.1) is 0 Å². The van der Waals surface area contributed by atoms with Crippen molar-refractivity contribution in [1.82, 2.24) is 9.88 Å². The van der Waals surface area contributed by atoms with Gasteiger partial charge in [0.05, 0.1) is 6.04 Å². The van der Waals surface area contributed by atoms with E-state index in [1.54, 1.807) is 17.0 Å². The van der Waals surface area contributed by atoms with Gasteiger partial charge >= 0.3 is 12.1 Å². The molecule has 4 rings (SSSR count). The summed E-state index contributed by atoms with van der Waals surface area (Å²) in [6, 6.07) is 13.8. The predicted octanol–water partition coefficient (Wildman–Crippen LogP) is 5.46. The van der Waals surface area contributed by atoms with Gasteiger partial charge in [-0.1, -0.05) is 18.2 Å². The molecule has 0 bridgehead atoms. The van der Waals surface area contributed by atoms with Crippen LogP contribution in [0.25, 0.3) is 22.2 Å². The molecule has 0 aliphatic carbocycles. The molecule has 2 heterocycles. The number of ether oxygens (including phenoxy) is 2. The van der Waals surface area contributed by atoms with Crippen molar-refractivity contribution in [2.45, 2.75) is 58.3 Å². The summed E-state index contributed by atoms with van der Waals surface area (Å²) in [7, 11) is 0. The van der Waals surface area contributed by atoms with E-state index in [4.69, 9.17) is 9.47 Å². The number of aromatic nitrogens is 1. The Kier molecular flexibility index (Phi) is 6.15. The van der Waals surface area contributed by atoms with Crippen LogP contribution in [0.1, 0.15) is 39.7 Å². The second kappa shape index (κ2) is 8.89. The van der Waals surface area contributed by atoms with Gasteiger partial charge in [0.1, 0.15) is 17.5 Å². The van der Waals surface area contributed by atoms with Crippen molar-refractivity contribution in [3.8, 4) is 11.3 Å². The number of nitrogens with zero attached hydrogens (tertiary/aromatic N) is 1. The number of esters is 1. The van der Waals surface area contributed by atoms with Crippen molar-refractivity contribution in [3.05, 3.63) is 59.9 Å². The summed E-state index contributed by atoms with van der Waals surface area (Å²) in [5.74, 6) is -0.688. The smallest absolute Gasteiger partial charge is 0.410 e. The third-order valence-electron chi connectivity index (χ3n) is 5.79. The number of benzene rings is 2. The minimum absolute atomic E-state index is 0.307. The third kappa shape index (κ3) is 5.02. The first-order valence-electron chi connectivity index (χ1n) is 11.1. The summed E-state index contributed by atoms with van der Waals surface area (Å²) in [4.78, 5) is 29.9. The molecule has 0 radical (unpaired) electrons. The third-order valence-corrected chi connectivity index (χ3v) is 5.79. The number of carbonyl (C=O) groups is 2. The number of H-pyrrole nitrogens is 1. The van der Waals surface area contributed by atoms with Crippen LogP contribution in [-0.4, -0.2) is 46.2 Å². The van der Waals surface area contributed by atoms with Crippen molar-refractivity contribution >= 4 is 23.0 Å². The summed E-state index contributed by atoms with van der Waals surface area (Å²) in [6.07, 6.45) is 0.126. The number of likely N-dealkylation sites (tertiary alicyclic amines) is 1. The number of rotatable bonds is 4.